The average Bonchev–Trinajstić information content (AvgIpc) is 2.97. The molecular weight excluding hydrogens is 278 g/mol. The van der Waals surface area contributed by atoms with Crippen LogP contribution in [0.3, 0.4) is 0 Å². The van der Waals surface area contributed by atoms with Crippen LogP contribution in [-0.2, 0) is 9.53 Å². The molecule has 1 aromatic rings. The molecule has 1 aliphatic carbocycles. The molecule has 1 aliphatic rings. The predicted octanol–water partition coefficient (Wildman–Crippen LogP) is 3.09. The maximum Gasteiger partial charge on any atom is 0.327 e. The van der Waals surface area contributed by atoms with Crippen molar-refractivity contribution in [2.45, 2.75) is 37.8 Å². The van der Waals surface area contributed by atoms with Gasteiger partial charge >= 0.3 is 5.97 Å². The van der Waals surface area contributed by atoms with Crippen molar-refractivity contribution in [3.63, 3.8) is 0 Å². The summed E-state index contributed by atoms with van der Waals surface area (Å²) < 4.78 is 10.2. The molecule has 1 atom stereocenters. The summed E-state index contributed by atoms with van der Waals surface area (Å²) >= 11 is 6.26. The van der Waals surface area contributed by atoms with Crippen molar-refractivity contribution in [3.05, 3.63) is 28.8 Å². The number of nitrogens with one attached hydrogen (secondary N) is 1. The van der Waals surface area contributed by atoms with E-state index in [1.807, 2.05) is 0 Å². The Bertz CT molecular complexity index is 472. The SMILES string of the molecule is COC(=O)C(NC1CCCC1)c1c(Cl)cccc1OC. The Morgan fingerprint density at radius 3 is 2.65 bits per heavy atom. The summed E-state index contributed by atoms with van der Waals surface area (Å²) in [4.78, 5) is 12.1. The second-order valence-electron chi connectivity index (χ2n) is 4.96. The monoisotopic (exact) mass is 297 g/mol. The zero-order valence-corrected chi connectivity index (χ0v) is 12.6. The molecule has 0 bridgehead atoms. The van der Waals surface area contributed by atoms with E-state index in [2.05, 4.69) is 5.32 Å². The van der Waals surface area contributed by atoms with E-state index in [0.717, 1.165) is 12.8 Å². The number of hydrogen-bond acceptors (Lipinski definition) is 4. The van der Waals surface area contributed by atoms with E-state index in [1.165, 1.54) is 20.0 Å². The second-order valence-corrected chi connectivity index (χ2v) is 5.37. The lowest BCUT2D eigenvalue weighted by molar-refractivity contribution is -0.143. The standard InChI is InChI=1S/C15H20ClNO3/c1-19-12-9-5-8-11(16)13(12)14(15(18)20-2)17-10-6-3-4-7-10/h5,8-10,14,17H,3-4,6-7H2,1-2H3. The van der Waals surface area contributed by atoms with Crippen LogP contribution < -0.4 is 10.1 Å². The van der Waals surface area contributed by atoms with Gasteiger partial charge in [-0.15, -0.1) is 0 Å². The molecule has 5 heteroatoms. The van der Waals surface area contributed by atoms with Crippen molar-refractivity contribution in [2.75, 3.05) is 14.2 Å². The molecule has 0 radical (unpaired) electrons. The first-order valence-corrected chi connectivity index (χ1v) is 7.21. The zero-order valence-electron chi connectivity index (χ0n) is 11.8. The minimum Gasteiger partial charge on any atom is -0.496 e. The molecule has 1 aromatic carbocycles. The third-order valence-corrected chi connectivity index (χ3v) is 4.05. The van der Waals surface area contributed by atoms with Crippen molar-refractivity contribution >= 4 is 17.6 Å². The Morgan fingerprint density at radius 2 is 2.05 bits per heavy atom. The highest BCUT2D eigenvalue weighted by atomic mass is 35.5. The Balaban J connectivity index is 2.32. The minimum atomic E-state index is -0.591. The molecule has 0 heterocycles. The fourth-order valence-corrected chi connectivity index (χ4v) is 2.97. The first-order valence-electron chi connectivity index (χ1n) is 6.83. The maximum atomic E-state index is 12.1. The Morgan fingerprint density at radius 1 is 1.35 bits per heavy atom. The summed E-state index contributed by atoms with van der Waals surface area (Å²) in [6, 6.07) is 5.08. The van der Waals surface area contributed by atoms with Crippen molar-refractivity contribution in [3.8, 4) is 5.75 Å². The molecule has 0 aromatic heterocycles. The average molecular weight is 298 g/mol. The number of ether oxygens (including phenoxy) is 2. The van der Waals surface area contributed by atoms with Gasteiger partial charge in [-0.3, -0.25) is 5.32 Å². The summed E-state index contributed by atoms with van der Waals surface area (Å²) in [5.74, 6) is 0.252. The van der Waals surface area contributed by atoms with Gasteiger partial charge in [-0.05, 0) is 25.0 Å². The molecule has 4 nitrogen and oxygen atoms in total. The van der Waals surface area contributed by atoms with Crippen molar-refractivity contribution in [1.29, 1.82) is 0 Å². The molecule has 110 valence electrons. The summed E-state index contributed by atoms with van der Waals surface area (Å²) in [5, 5.41) is 3.86. The number of carbonyl (C=O) groups is 1. The largest absolute Gasteiger partial charge is 0.496 e. The van der Waals surface area contributed by atoms with Gasteiger partial charge < -0.3 is 9.47 Å². The Hall–Kier alpha value is -1.26. The number of esters is 1. The van der Waals surface area contributed by atoms with Gasteiger partial charge in [-0.25, -0.2) is 4.79 Å². The van der Waals surface area contributed by atoms with Crippen LogP contribution in [-0.4, -0.2) is 26.2 Å². The maximum absolute atomic E-state index is 12.1. The molecule has 0 aliphatic heterocycles. The first kappa shape index (κ1) is 15.1. The van der Waals surface area contributed by atoms with E-state index < -0.39 is 6.04 Å². The lowest BCUT2D eigenvalue weighted by Gasteiger charge is -2.23. The van der Waals surface area contributed by atoms with Crippen molar-refractivity contribution < 1.29 is 14.3 Å². The van der Waals surface area contributed by atoms with Crippen LogP contribution in [0.25, 0.3) is 0 Å². The van der Waals surface area contributed by atoms with Crippen LogP contribution in [0, 0.1) is 0 Å². The van der Waals surface area contributed by atoms with Crippen LogP contribution in [0.4, 0.5) is 0 Å². The molecule has 0 amide bonds. The van der Waals surface area contributed by atoms with Crippen molar-refractivity contribution in [1.82, 2.24) is 5.32 Å². The second kappa shape index (κ2) is 6.95. The number of rotatable bonds is 5. The molecular formula is C15H20ClNO3. The van der Waals surface area contributed by atoms with Gasteiger partial charge in [0.25, 0.3) is 0 Å². The number of halogens is 1. The zero-order chi connectivity index (χ0) is 14.5. The third kappa shape index (κ3) is 3.25. The Kier molecular flexibility index (Phi) is 5.26. The number of methoxy groups -OCH3 is 2. The topological polar surface area (TPSA) is 47.6 Å². The van der Waals surface area contributed by atoms with Gasteiger partial charge in [-0.1, -0.05) is 30.5 Å². The van der Waals surface area contributed by atoms with Crippen LogP contribution in [0.1, 0.15) is 37.3 Å². The van der Waals surface area contributed by atoms with Gasteiger partial charge in [-0.2, -0.15) is 0 Å². The van der Waals surface area contributed by atoms with E-state index in [4.69, 9.17) is 21.1 Å². The van der Waals surface area contributed by atoms with Gasteiger partial charge in [0.1, 0.15) is 11.8 Å². The fraction of sp³-hybridized carbons (Fsp3) is 0.533. The quantitative estimate of drug-likeness (QED) is 0.849. The number of hydrogen-bond donors (Lipinski definition) is 1. The molecule has 0 spiro atoms. The van der Waals surface area contributed by atoms with Crippen LogP contribution in [0.2, 0.25) is 5.02 Å². The van der Waals surface area contributed by atoms with E-state index in [9.17, 15) is 4.79 Å². The fourth-order valence-electron chi connectivity index (χ4n) is 2.69. The summed E-state index contributed by atoms with van der Waals surface area (Å²) in [6.07, 6.45) is 4.51. The van der Waals surface area contributed by atoms with Crippen molar-refractivity contribution in [2.24, 2.45) is 0 Å². The molecule has 0 saturated heterocycles. The Labute approximate surface area is 124 Å². The molecule has 1 fully saturated rings. The van der Waals surface area contributed by atoms with E-state index in [0.29, 0.717) is 22.4 Å². The summed E-state index contributed by atoms with van der Waals surface area (Å²) in [7, 11) is 2.95. The number of benzene rings is 1. The minimum absolute atomic E-state index is 0.320. The van der Waals surface area contributed by atoms with Gasteiger partial charge in [0.15, 0.2) is 0 Å². The van der Waals surface area contributed by atoms with E-state index in [1.54, 1.807) is 25.3 Å². The molecule has 1 N–H and O–H groups in total. The molecule has 2 rings (SSSR count). The first-order chi connectivity index (χ1) is 9.67. The smallest absolute Gasteiger partial charge is 0.327 e. The highest BCUT2D eigenvalue weighted by Gasteiger charge is 2.30. The summed E-state index contributed by atoms with van der Waals surface area (Å²) in [5.41, 5.74) is 0.649. The lowest BCUT2D eigenvalue weighted by atomic mass is 10.0. The summed E-state index contributed by atoms with van der Waals surface area (Å²) in [6.45, 7) is 0. The van der Waals surface area contributed by atoms with Crippen LogP contribution >= 0.6 is 11.6 Å². The van der Waals surface area contributed by atoms with Gasteiger partial charge in [0.05, 0.1) is 14.2 Å². The third-order valence-electron chi connectivity index (χ3n) is 3.72. The van der Waals surface area contributed by atoms with E-state index in [-0.39, 0.29) is 5.97 Å². The van der Waals surface area contributed by atoms with Crippen LogP contribution in [0.15, 0.2) is 18.2 Å². The van der Waals surface area contributed by atoms with E-state index >= 15 is 0 Å². The highest BCUT2D eigenvalue weighted by molar-refractivity contribution is 6.31. The lowest BCUT2D eigenvalue weighted by Crippen LogP contribution is -2.36. The van der Waals surface area contributed by atoms with Crippen LogP contribution in [0.5, 0.6) is 5.75 Å². The van der Waals surface area contributed by atoms with Gasteiger partial charge in [0, 0.05) is 16.6 Å². The predicted molar refractivity (Wildman–Crippen MR) is 78.2 cm³/mol. The normalized spacial score (nSPS) is 16.9. The number of carbonyl (C=O) groups excluding carboxylic acids is 1. The molecule has 20 heavy (non-hydrogen) atoms. The molecule has 1 saturated carbocycles. The molecule has 1 unspecified atom stereocenters. The van der Waals surface area contributed by atoms with Gasteiger partial charge in [0.2, 0.25) is 0 Å². The highest BCUT2D eigenvalue weighted by Crippen LogP contribution is 2.34.